The highest BCUT2D eigenvalue weighted by molar-refractivity contribution is 5.75. The van der Waals surface area contributed by atoms with Crippen LogP contribution >= 0.6 is 0 Å². The van der Waals surface area contributed by atoms with Crippen molar-refractivity contribution < 1.29 is 9.90 Å². The number of hydrogen-bond acceptors (Lipinski definition) is 2. The van der Waals surface area contributed by atoms with Gasteiger partial charge in [-0.3, -0.25) is 4.79 Å². The maximum atomic E-state index is 11.8. The first-order valence-electron chi connectivity index (χ1n) is 7.28. The first kappa shape index (κ1) is 13.9. The molecule has 0 spiro atoms. The summed E-state index contributed by atoms with van der Waals surface area (Å²) in [5.41, 5.74) is 0.936. The van der Waals surface area contributed by atoms with E-state index in [1.807, 2.05) is 6.07 Å². The molecule has 0 radical (unpaired) electrons. The lowest BCUT2D eigenvalue weighted by Crippen LogP contribution is -2.23. The highest BCUT2D eigenvalue weighted by Crippen LogP contribution is 2.27. The second-order valence-corrected chi connectivity index (χ2v) is 5.49. The molecule has 0 heterocycles. The quantitative estimate of drug-likeness (QED) is 0.853. The van der Waals surface area contributed by atoms with Crippen molar-refractivity contribution in [1.82, 2.24) is 5.32 Å². The summed E-state index contributed by atoms with van der Waals surface area (Å²) in [5, 5.41) is 12.3. The van der Waals surface area contributed by atoms with E-state index in [0.717, 1.165) is 17.9 Å². The summed E-state index contributed by atoms with van der Waals surface area (Å²) in [4.78, 5) is 11.8. The summed E-state index contributed by atoms with van der Waals surface area (Å²) < 4.78 is 0. The van der Waals surface area contributed by atoms with Crippen LogP contribution in [0.2, 0.25) is 0 Å². The van der Waals surface area contributed by atoms with E-state index < -0.39 is 0 Å². The summed E-state index contributed by atoms with van der Waals surface area (Å²) in [6, 6.07) is 7.01. The molecule has 0 aliphatic heterocycles. The maximum absolute atomic E-state index is 11.8. The molecule has 1 aliphatic carbocycles. The molecule has 1 amide bonds. The first-order chi connectivity index (χ1) is 9.24. The number of rotatable bonds is 5. The monoisotopic (exact) mass is 261 g/mol. The minimum atomic E-state index is 0.119. The molecule has 2 N–H and O–H groups in total. The van der Waals surface area contributed by atoms with E-state index in [4.69, 9.17) is 0 Å². The van der Waals surface area contributed by atoms with Gasteiger partial charge in [0.05, 0.1) is 0 Å². The van der Waals surface area contributed by atoms with Gasteiger partial charge in [-0.05, 0) is 30.0 Å². The van der Waals surface area contributed by atoms with E-state index in [2.05, 4.69) is 5.32 Å². The number of benzene rings is 1. The van der Waals surface area contributed by atoms with Crippen LogP contribution in [0.4, 0.5) is 0 Å². The molecule has 19 heavy (non-hydrogen) atoms. The summed E-state index contributed by atoms with van der Waals surface area (Å²) in [7, 11) is 0. The molecule has 1 aromatic rings. The van der Waals surface area contributed by atoms with E-state index in [0.29, 0.717) is 13.0 Å². The molecular weight excluding hydrogens is 238 g/mol. The number of hydrogen-bond donors (Lipinski definition) is 2. The molecule has 2 rings (SSSR count). The number of amides is 1. The van der Waals surface area contributed by atoms with E-state index in [-0.39, 0.29) is 11.7 Å². The van der Waals surface area contributed by atoms with Gasteiger partial charge in [-0.25, -0.2) is 0 Å². The standard InChI is InChI=1S/C16H23NO2/c18-15-8-4-7-14(11-15)12-17-16(19)10-9-13-5-2-1-3-6-13/h4,7-8,11,13,18H,1-3,5-6,9-10,12H2,(H,17,19). The summed E-state index contributed by atoms with van der Waals surface area (Å²) in [6.07, 6.45) is 8.25. The lowest BCUT2D eigenvalue weighted by Gasteiger charge is -2.20. The Morgan fingerprint density at radius 3 is 2.79 bits per heavy atom. The predicted molar refractivity (Wildman–Crippen MR) is 75.8 cm³/mol. The molecule has 1 aromatic carbocycles. The largest absolute Gasteiger partial charge is 0.508 e. The lowest BCUT2D eigenvalue weighted by atomic mass is 9.86. The highest BCUT2D eigenvalue weighted by atomic mass is 16.3. The van der Waals surface area contributed by atoms with Gasteiger partial charge in [-0.15, -0.1) is 0 Å². The minimum absolute atomic E-state index is 0.119. The average molecular weight is 261 g/mol. The molecule has 0 bridgehead atoms. The lowest BCUT2D eigenvalue weighted by molar-refractivity contribution is -0.121. The van der Waals surface area contributed by atoms with Crippen LogP contribution in [-0.2, 0) is 11.3 Å². The smallest absolute Gasteiger partial charge is 0.220 e. The van der Waals surface area contributed by atoms with Crippen LogP contribution in [0.5, 0.6) is 5.75 Å². The minimum Gasteiger partial charge on any atom is -0.508 e. The van der Waals surface area contributed by atoms with Gasteiger partial charge in [0.2, 0.25) is 5.91 Å². The third kappa shape index (κ3) is 4.93. The van der Waals surface area contributed by atoms with Gasteiger partial charge < -0.3 is 10.4 Å². The topological polar surface area (TPSA) is 49.3 Å². The Kier molecular flexibility index (Phi) is 5.25. The van der Waals surface area contributed by atoms with Gasteiger partial charge in [-0.1, -0.05) is 44.2 Å². The van der Waals surface area contributed by atoms with Gasteiger partial charge in [0, 0.05) is 13.0 Å². The van der Waals surface area contributed by atoms with Crippen LogP contribution in [0.3, 0.4) is 0 Å². The first-order valence-corrected chi connectivity index (χ1v) is 7.28. The van der Waals surface area contributed by atoms with Gasteiger partial charge in [0.25, 0.3) is 0 Å². The SMILES string of the molecule is O=C(CCC1CCCCC1)NCc1cccc(O)c1. The molecule has 0 unspecified atom stereocenters. The number of carbonyl (C=O) groups is 1. The van der Waals surface area contributed by atoms with Crippen LogP contribution in [0, 0.1) is 5.92 Å². The van der Waals surface area contributed by atoms with Crippen molar-refractivity contribution in [2.24, 2.45) is 5.92 Å². The van der Waals surface area contributed by atoms with Crippen molar-refractivity contribution in [3.05, 3.63) is 29.8 Å². The van der Waals surface area contributed by atoms with Crippen molar-refractivity contribution in [2.75, 3.05) is 0 Å². The molecule has 1 aliphatic rings. The molecule has 1 fully saturated rings. The fourth-order valence-corrected chi connectivity index (χ4v) is 2.77. The zero-order valence-electron chi connectivity index (χ0n) is 11.4. The fourth-order valence-electron chi connectivity index (χ4n) is 2.77. The third-order valence-corrected chi connectivity index (χ3v) is 3.90. The van der Waals surface area contributed by atoms with Crippen molar-refractivity contribution in [3.63, 3.8) is 0 Å². The van der Waals surface area contributed by atoms with E-state index >= 15 is 0 Å². The molecule has 3 nitrogen and oxygen atoms in total. The fraction of sp³-hybridized carbons (Fsp3) is 0.562. The number of aromatic hydroxyl groups is 1. The average Bonchev–Trinajstić information content (AvgIpc) is 2.44. The van der Waals surface area contributed by atoms with Crippen LogP contribution in [0.15, 0.2) is 24.3 Å². The van der Waals surface area contributed by atoms with Crippen LogP contribution in [-0.4, -0.2) is 11.0 Å². The molecule has 0 aromatic heterocycles. The summed E-state index contributed by atoms with van der Waals surface area (Å²) in [5.74, 6) is 1.11. The maximum Gasteiger partial charge on any atom is 0.220 e. The molecule has 104 valence electrons. The van der Waals surface area contributed by atoms with Crippen LogP contribution in [0.25, 0.3) is 0 Å². The second-order valence-electron chi connectivity index (χ2n) is 5.49. The van der Waals surface area contributed by atoms with Gasteiger partial charge in [0.1, 0.15) is 5.75 Å². The van der Waals surface area contributed by atoms with Crippen molar-refractivity contribution in [2.45, 2.75) is 51.5 Å². The Morgan fingerprint density at radius 2 is 2.05 bits per heavy atom. The summed E-state index contributed by atoms with van der Waals surface area (Å²) >= 11 is 0. The molecule has 0 atom stereocenters. The highest BCUT2D eigenvalue weighted by Gasteiger charge is 2.14. The number of carbonyl (C=O) groups excluding carboxylic acids is 1. The predicted octanol–water partition coefficient (Wildman–Crippen LogP) is 3.37. The Labute approximate surface area is 115 Å². The van der Waals surface area contributed by atoms with Crippen molar-refractivity contribution in [1.29, 1.82) is 0 Å². The Hall–Kier alpha value is -1.51. The molecule has 1 saturated carbocycles. The van der Waals surface area contributed by atoms with Gasteiger partial charge in [-0.2, -0.15) is 0 Å². The number of phenolic OH excluding ortho intramolecular Hbond substituents is 1. The van der Waals surface area contributed by atoms with E-state index in [1.165, 1.54) is 32.1 Å². The number of phenols is 1. The van der Waals surface area contributed by atoms with E-state index in [9.17, 15) is 9.90 Å². The van der Waals surface area contributed by atoms with Gasteiger partial charge >= 0.3 is 0 Å². The zero-order valence-corrected chi connectivity index (χ0v) is 11.4. The molecule has 0 saturated heterocycles. The Bertz CT molecular complexity index is 411. The summed E-state index contributed by atoms with van der Waals surface area (Å²) in [6.45, 7) is 0.498. The normalized spacial score (nSPS) is 16.2. The number of nitrogens with one attached hydrogen (secondary N) is 1. The van der Waals surface area contributed by atoms with E-state index in [1.54, 1.807) is 18.2 Å². The Morgan fingerprint density at radius 1 is 1.26 bits per heavy atom. The Balaban J connectivity index is 1.66. The zero-order chi connectivity index (χ0) is 13.5. The van der Waals surface area contributed by atoms with Crippen LogP contribution in [0.1, 0.15) is 50.5 Å². The van der Waals surface area contributed by atoms with Crippen LogP contribution < -0.4 is 5.32 Å². The van der Waals surface area contributed by atoms with Crippen molar-refractivity contribution in [3.8, 4) is 5.75 Å². The molecular formula is C16H23NO2. The second kappa shape index (κ2) is 7.17. The van der Waals surface area contributed by atoms with Gasteiger partial charge in [0.15, 0.2) is 0 Å². The molecule has 3 heteroatoms. The van der Waals surface area contributed by atoms with Crippen molar-refractivity contribution >= 4 is 5.91 Å². The third-order valence-electron chi connectivity index (χ3n) is 3.90.